The van der Waals surface area contributed by atoms with Crippen LogP contribution in [0.2, 0.25) is 0 Å². The van der Waals surface area contributed by atoms with Crippen LogP contribution in [0.1, 0.15) is 5.69 Å². The fraction of sp³-hybridized carbons (Fsp3) is 0.211. The summed E-state index contributed by atoms with van der Waals surface area (Å²) < 4.78 is 60.2. The number of benzene rings is 2. The second kappa shape index (κ2) is 8.68. The number of aryl methyl sites for hydroxylation is 1. The molecule has 1 heterocycles. The van der Waals surface area contributed by atoms with Gasteiger partial charge in [-0.3, -0.25) is 0 Å². The zero-order valence-corrected chi connectivity index (χ0v) is 16.5. The molecule has 3 aromatic rings. The van der Waals surface area contributed by atoms with E-state index < -0.39 is 10.2 Å². The molecule has 150 valence electrons. The molecule has 3 rings (SSSR count). The van der Waals surface area contributed by atoms with Crippen LogP contribution >= 0.6 is 0 Å². The van der Waals surface area contributed by atoms with Gasteiger partial charge in [0.2, 0.25) is 5.69 Å². The first-order chi connectivity index (χ1) is 13.0. The number of rotatable bonds is 3. The van der Waals surface area contributed by atoms with Crippen LogP contribution in [-0.2, 0) is 7.05 Å². The predicted molar refractivity (Wildman–Crippen MR) is 88.4 cm³/mol. The van der Waals surface area contributed by atoms with Crippen molar-refractivity contribution in [2.24, 2.45) is 7.05 Å². The van der Waals surface area contributed by atoms with Crippen molar-refractivity contribution >= 4 is 10.8 Å². The Morgan fingerprint density at radius 3 is 1.89 bits per heavy atom. The van der Waals surface area contributed by atoms with Crippen LogP contribution in [0, 0.1) is 23.0 Å². The zero-order chi connectivity index (χ0) is 21.1. The number of fused-ring (bicyclic) bond motifs is 1. The molecule has 0 aliphatic heterocycles. The van der Waals surface area contributed by atoms with Gasteiger partial charge in [-0.1, -0.05) is 0 Å². The molecule has 0 aliphatic rings. The van der Waals surface area contributed by atoms with E-state index in [0.29, 0.717) is 11.5 Å². The lowest BCUT2D eigenvalue weighted by Crippen LogP contribution is -2.68. The van der Waals surface area contributed by atoms with Crippen molar-refractivity contribution < 1.29 is 47.3 Å². The standard InChI is InChI=1S/C19H19FNO2.ClHO4/c1-12-9-14-10-17(22-3)18(23-4)11-16(14)19(21(12)2)13-5-7-15(20)8-6-13;2-1(3,4)5/h5-11H,1-4H3;(H,2,3,4,5)/q+1;/p-1. The summed E-state index contributed by atoms with van der Waals surface area (Å²) in [4.78, 5) is 0. The maximum Gasteiger partial charge on any atom is 0.220 e. The number of methoxy groups -OCH3 is 2. The fourth-order valence-electron chi connectivity index (χ4n) is 2.86. The van der Waals surface area contributed by atoms with Gasteiger partial charge in [0.05, 0.1) is 19.6 Å². The van der Waals surface area contributed by atoms with Crippen molar-refractivity contribution in [1.29, 1.82) is 0 Å². The molecule has 9 heteroatoms. The van der Waals surface area contributed by atoms with Crippen molar-refractivity contribution in [3.63, 3.8) is 0 Å². The third-order valence-electron chi connectivity index (χ3n) is 4.16. The van der Waals surface area contributed by atoms with Gasteiger partial charge in [-0.15, -0.1) is 10.2 Å². The highest BCUT2D eigenvalue weighted by Gasteiger charge is 2.20. The molecule has 0 radical (unpaired) electrons. The van der Waals surface area contributed by atoms with Crippen LogP contribution in [0.15, 0.2) is 42.5 Å². The second-order valence-corrected chi connectivity index (χ2v) is 6.63. The first-order valence-electron chi connectivity index (χ1n) is 7.98. The Morgan fingerprint density at radius 2 is 1.39 bits per heavy atom. The quantitative estimate of drug-likeness (QED) is 0.513. The van der Waals surface area contributed by atoms with Gasteiger partial charge in [0.1, 0.15) is 12.9 Å². The summed E-state index contributed by atoms with van der Waals surface area (Å²) in [6.45, 7) is 2.04. The molecular formula is C19H19ClFNO6. The van der Waals surface area contributed by atoms with E-state index in [0.717, 1.165) is 27.7 Å². The Hall–Kier alpha value is -2.49. The van der Waals surface area contributed by atoms with Crippen LogP contribution in [0.3, 0.4) is 0 Å². The van der Waals surface area contributed by atoms with E-state index in [1.54, 1.807) is 26.4 Å². The van der Waals surface area contributed by atoms with Gasteiger partial charge in [0.15, 0.2) is 17.2 Å². The Kier molecular flexibility index (Phi) is 6.76. The molecular weight excluding hydrogens is 393 g/mol. The lowest BCUT2D eigenvalue weighted by atomic mass is 10.0. The summed E-state index contributed by atoms with van der Waals surface area (Å²) in [6.07, 6.45) is 0. The van der Waals surface area contributed by atoms with E-state index in [-0.39, 0.29) is 5.82 Å². The van der Waals surface area contributed by atoms with Gasteiger partial charge in [-0.2, -0.15) is 4.57 Å². The van der Waals surface area contributed by atoms with E-state index in [2.05, 4.69) is 10.6 Å². The van der Waals surface area contributed by atoms with Gasteiger partial charge in [-0.25, -0.2) is 23.0 Å². The number of pyridine rings is 1. The molecule has 0 saturated heterocycles. The number of ether oxygens (including phenoxy) is 2. The maximum absolute atomic E-state index is 13.3. The van der Waals surface area contributed by atoms with Crippen LogP contribution in [-0.4, -0.2) is 14.2 Å². The summed E-state index contributed by atoms with van der Waals surface area (Å²) in [5.41, 5.74) is 3.07. The summed E-state index contributed by atoms with van der Waals surface area (Å²) >= 11 is 0. The predicted octanol–water partition coefficient (Wildman–Crippen LogP) is -0.960. The molecule has 0 atom stereocenters. The molecule has 0 fully saturated rings. The Balaban J connectivity index is 0.000000500. The minimum absolute atomic E-state index is 0.243. The lowest BCUT2D eigenvalue weighted by molar-refractivity contribution is -2.00. The van der Waals surface area contributed by atoms with Gasteiger partial charge < -0.3 is 9.47 Å². The normalized spacial score (nSPS) is 11.0. The SMILES string of the molecule is COc1cc2cc(C)[n+](C)c(-c3ccc(F)cc3)c2cc1OC.[O-][Cl+3]([O-])([O-])[O-]. The lowest BCUT2D eigenvalue weighted by Gasteiger charge is -2.17. The van der Waals surface area contributed by atoms with E-state index in [9.17, 15) is 4.39 Å². The number of aromatic nitrogens is 1. The topological polar surface area (TPSA) is 115 Å². The molecule has 0 N–H and O–H groups in total. The van der Waals surface area contributed by atoms with Gasteiger partial charge in [0, 0.05) is 18.6 Å². The Bertz CT molecular complexity index is 967. The molecule has 1 aromatic heterocycles. The molecule has 0 spiro atoms. The molecule has 0 bridgehead atoms. The monoisotopic (exact) mass is 411 g/mol. The molecule has 0 amide bonds. The maximum atomic E-state index is 13.3. The first kappa shape index (κ1) is 21.8. The van der Waals surface area contributed by atoms with Crippen LogP contribution in [0.4, 0.5) is 4.39 Å². The summed E-state index contributed by atoms with van der Waals surface area (Å²) in [5.74, 6) is 1.12. The fourth-order valence-corrected chi connectivity index (χ4v) is 2.86. The van der Waals surface area contributed by atoms with Crippen molar-refractivity contribution in [3.05, 3.63) is 54.0 Å². The van der Waals surface area contributed by atoms with Crippen molar-refractivity contribution in [2.45, 2.75) is 6.92 Å². The zero-order valence-electron chi connectivity index (χ0n) is 15.7. The minimum Gasteiger partial charge on any atom is -0.493 e. The first-order valence-corrected chi connectivity index (χ1v) is 9.21. The highest BCUT2D eigenvalue weighted by Crippen LogP contribution is 2.35. The molecule has 7 nitrogen and oxygen atoms in total. The van der Waals surface area contributed by atoms with Crippen molar-refractivity contribution in [2.75, 3.05) is 14.2 Å². The molecule has 28 heavy (non-hydrogen) atoms. The molecule has 0 unspecified atom stereocenters. The number of halogens is 2. The van der Waals surface area contributed by atoms with E-state index in [1.165, 1.54) is 12.1 Å². The highest BCUT2D eigenvalue weighted by molar-refractivity contribution is 5.95. The molecule has 2 aromatic carbocycles. The summed E-state index contributed by atoms with van der Waals surface area (Å²) in [5, 5.41) is 2.08. The number of hydrogen-bond acceptors (Lipinski definition) is 6. The Labute approximate surface area is 163 Å². The average molecular weight is 412 g/mol. The number of nitrogens with zero attached hydrogens (tertiary/aromatic N) is 1. The van der Waals surface area contributed by atoms with Gasteiger partial charge in [0.25, 0.3) is 0 Å². The van der Waals surface area contributed by atoms with Crippen molar-refractivity contribution in [1.82, 2.24) is 0 Å². The van der Waals surface area contributed by atoms with Crippen LogP contribution < -0.4 is 32.7 Å². The average Bonchev–Trinajstić information content (AvgIpc) is 2.61. The third kappa shape index (κ3) is 5.28. The number of hydrogen-bond donors (Lipinski definition) is 0. The van der Waals surface area contributed by atoms with E-state index in [4.69, 9.17) is 28.1 Å². The third-order valence-corrected chi connectivity index (χ3v) is 4.16. The van der Waals surface area contributed by atoms with Crippen molar-refractivity contribution in [3.8, 4) is 22.8 Å². The molecule has 0 aliphatic carbocycles. The van der Waals surface area contributed by atoms with Gasteiger partial charge in [-0.05, 0) is 41.8 Å². The van der Waals surface area contributed by atoms with Gasteiger partial charge >= 0.3 is 0 Å². The van der Waals surface area contributed by atoms with E-state index in [1.807, 2.05) is 26.1 Å². The summed E-state index contributed by atoms with van der Waals surface area (Å²) in [6, 6.07) is 12.6. The smallest absolute Gasteiger partial charge is 0.220 e. The van der Waals surface area contributed by atoms with E-state index >= 15 is 0 Å². The second-order valence-electron chi connectivity index (χ2n) is 5.87. The highest BCUT2D eigenvalue weighted by atomic mass is 35.7. The van der Waals surface area contributed by atoms with Crippen LogP contribution in [0.25, 0.3) is 22.0 Å². The van der Waals surface area contributed by atoms with Crippen LogP contribution in [0.5, 0.6) is 11.5 Å². The minimum atomic E-state index is -4.94. The summed E-state index contributed by atoms with van der Waals surface area (Å²) in [7, 11) is 0.306. The molecule has 0 saturated carbocycles. The Morgan fingerprint density at radius 1 is 0.893 bits per heavy atom. The largest absolute Gasteiger partial charge is 0.493 e.